The normalized spacial score (nSPS) is 14.8. The number of amides is 1. The van der Waals surface area contributed by atoms with Gasteiger partial charge in [0.15, 0.2) is 11.5 Å². The van der Waals surface area contributed by atoms with Crippen molar-refractivity contribution in [3.05, 3.63) is 71.4 Å². The summed E-state index contributed by atoms with van der Waals surface area (Å²) >= 11 is 7.36. The van der Waals surface area contributed by atoms with Crippen molar-refractivity contribution in [2.24, 2.45) is 0 Å². The van der Waals surface area contributed by atoms with Gasteiger partial charge in [-0.3, -0.25) is 9.69 Å². The average molecular weight is 465 g/mol. The molecule has 0 radical (unpaired) electrons. The van der Waals surface area contributed by atoms with E-state index < -0.39 is 6.23 Å². The van der Waals surface area contributed by atoms with Gasteiger partial charge in [-0.25, -0.2) is 0 Å². The monoisotopic (exact) mass is 464 g/mol. The number of benzene rings is 2. The van der Waals surface area contributed by atoms with Gasteiger partial charge in [0, 0.05) is 23.1 Å². The molecule has 3 heterocycles. The molecule has 1 atom stereocenters. The Morgan fingerprint density at radius 1 is 1.06 bits per heavy atom. The Labute approximate surface area is 193 Å². The molecule has 2 aromatic heterocycles. The van der Waals surface area contributed by atoms with Crippen LogP contribution in [0.1, 0.15) is 18.9 Å². The molecule has 0 unspecified atom stereocenters. The third-order valence-corrected chi connectivity index (χ3v) is 5.82. The highest BCUT2D eigenvalue weighted by molar-refractivity contribution is 7.98. The van der Waals surface area contributed by atoms with Crippen molar-refractivity contribution >= 4 is 35.0 Å². The topological polar surface area (TPSA) is 81.3 Å². The minimum atomic E-state index is -0.873. The maximum atomic E-state index is 12.8. The molecule has 1 aliphatic rings. The third-order valence-electron chi connectivity index (χ3n) is 5.03. The van der Waals surface area contributed by atoms with Gasteiger partial charge in [0.05, 0.1) is 5.69 Å². The number of nitrogens with zero attached hydrogens (tertiary/aromatic N) is 4. The fourth-order valence-electron chi connectivity index (χ4n) is 3.58. The molecule has 0 N–H and O–H groups in total. The number of anilines is 1. The van der Waals surface area contributed by atoms with Gasteiger partial charge in [-0.2, -0.15) is 4.98 Å². The SMILES string of the molecule is CSc1nnc2c(n1)O[C@@H](c1ccc(-c3ccc(Cl)cc3)o1)N(C(C)=O)c1ccccc1-2. The van der Waals surface area contributed by atoms with E-state index in [1.54, 1.807) is 23.1 Å². The summed E-state index contributed by atoms with van der Waals surface area (Å²) in [5.74, 6) is 1.16. The number of aromatic nitrogens is 3. The number of fused-ring (bicyclic) bond motifs is 3. The Kier molecular flexibility index (Phi) is 5.32. The first-order valence-electron chi connectivity index (χ1n) is 9.75. The molecule has 0 bridgehead atoms. The zero-order chi connectivity index (χ0) is 22.2. The molecule has 5 rings (SSSR count). The molecule has 1 aliphatic heterocycles. The first kappa shape index (κ1) is 20.5. The van der Waals surface area contributed by atoms with Gasteiger partial charge in [0.1, 0.15) is 5.76 Å². The van der Waals surface area contributed by atoms with Crippen LogP contribution in [0.15, 0.2) is 70.2 Å². The smallest absolute Gasteiger partial charge is 0.247 e. The molecule has 2 aromatic carbocycles. The number of halogens is 1. The molecule has 0 saturated carbocycles. The highest BCUT2D eigenvalue weighted by Gasteiger charge is 2.36. The van der Waals surface area contributed by atoms with Crippen LogP contribution >= 0.6 is 23.4 Å². The number of furan rings is 1. The fourth-order valence-corrected chi connectivity index (χ4v) is 4.00. The van der Waals surface area contributed by atoms with Crippen LogP contribution in [0.3, 0.4) is 0 Å². The number of hydrogen-bond acceptors (Lipinski definition) is 7. The number of hydrogen-bond donors (Lipinski definition) is 0. The van der Waals surface area contributed by atoms with E-state index in [0.29, 0.717) is 38.6 Å². The number of ether oxygens (including phenoxy) is 1. The molecular formula is C23H17ClN4O3S. The van der Waals surface area contributed by atoms with Gasteiger partial charge < -0.3 is 9.15 Å². The zero-order valence-corrected chi connectivity index (χ0v) is 18.7. The molecule has 4 aromatic rings. The van der Waals surface area contributed by atoms with Crippen LogP contribution in [-0.2, 0) is 4.79 Å². The van der Waals surface area contributed by atoms with Crippen LogP contribution in [0.2, 0.25) is 5.02 Å². The lowest BCUT2D eigenvalue weighted by molar-refractivity contribution is -0.118. The summed E-state index contributed by atoms with van der Waals surface area (Å²) < 4.78 is 12.4. The summed E-state index contributed by atoms with van der Waals surface area (Å²) in [6.07, 6.45) is 0.987. The van der Waals surface area contributed by atoms with Gasteiger partial charge in [0.25, 0.3) is 0 Å². The Morgan fingerprint density at radius 2 is 1.84 bits per heavy atom. The molecular weight excluding hydrogens is 448 g/mol. The lowest BCUT2D eigenvalue weighted by Gasteiger charge is -2.28. The van der Waals surface area contributed by atoms with E-state index in [9.17, 15) is 4.79 Å². The van der Waals surface area contributed by atoms with E-state index in [1.807, 2.05) is 48.7 Å². The molecule has 0 fully saturated rings. The lowest BCUT2D eigenvalue weighted by atomic mass is 10.1. The van der Waals surface area contributed by atoms with Crippen molar-refractivity contribution in [1.29, 1.82) is 0 Å². The van der Waals surface area contributed by atoms with Gasteiger partial charge >= 0.3 is 0 Å². The van der Waals surface area contributed by atoms with E-state index in [2.05, 4.69) is 15.2 Å². The van der Waals surface area contributed by atoms with E-state index in [-0.39, 0.29) is 11.8 Å². The van der Waals surface area contributed by atoms with Gasteiger partial charge in [0.2, 0.25) is 23.2 Å². The Morgan fingerprint density at radius 3 is 2.59 bits per heavy atom. The van der Waals surface area contributed by atoms with Gasteiger partial charge in [-0.15, -0.1) is 10.2 Å². The van der Waals surface area contributed by atoms with Crippen molar-refractivity contribution in [2.45, 2.75) is 18.3 Å². The molecule has 160 valence electrons. The van der Waals surface area contributed by atoms with Gasteiger partial charge in [-0.05, 0) is 48.7 Å². The number of thioether (sulfide) groups is 1. The Balaban J connectivity index is 1.66. The number of rotatable bonds is 3. The fraction of sp³-hybridized carbons (Fsp3) is 0.130. The van der Waals surface area contributed by atoms with Crippen LogP contribution in [0, 0.1) is 0 Å². The third kappa shape index (κ3) is 3.61. The zero-order valence-electron chi connectivity index (χ0n) is 17.2. The molecule has 0 aliphatic carbocycles. The number of carbonyl (C=O) groups is 1. The van der Waals surface area contributed by atoms with Crippen LogP contribution in [0.4, 0.5) is 5.69 Å². The van der Waals surface area contributed by atoms with Crippen molar-refractivity contribution in [3.8, 4) is 28.5 Å². The largest absolute Gasteiger partial charge is 0.455 e. The lowest BCUT2D eigenvalue weighted by Crippen LogP contribution is -2.35. The molecule has 9 heteroatoms. The minimum Gasteiger partial charge on any atom is -0.455 e. The second kappa shape index (κ2) is 8.29. The Hall–Kier alpha value is -3.36. The standard InChI is InChI=1S/C23H17ClN4O3S/c1-13(29)28-17-6-4-3-5-16(17)20-21(25-23(32-2)27-26-20)31-22(28)19-12-11-18(30-19)14-7-9-15(24)10-8-14/h3-12,22H,1-2H3/t22-/m0/s1. The van der Waals surface area contributed by atoms with Crippen LogP contribution in [0.5, 0.6) is 5.88 Å². The van der Waals surface area contributed by atoms with E-state index in [1.165, 1.54) is 18.7 Å². The summed E-state index contributed by atoms with van der Waals surface area (Å²) in [5, 5.41) is 9.60. The second-order valence-electron chi connectivity index (χ2n) is 7.04. The second-order valence-corrected chi connectivity index (χ2v) is 8.25. The van der Waals surface area contributed by atoms with E-state index in [4.69, 9.17) is 20.8 Å². The van der Waals surface area contributed by atoms with Crippen molar-refractivity contribution in [2.75, 3.05) is 11.2 Å². The highest BCUT2D eigenvalue weighted by atomic mass is 35.5. The summed E-state index contributed by atoms with van der Waals surface area (Å²) in [6.45, 7) is 1.48. The Bertz CT molecular complexity index is 1310. The first-order chi connectivity index (χ1) is 15.5. The quantitative estimate of drug-likeness (QED) is 0.364. The predicted octanol–water partition coefficient (Wildman–Crippen LogP) is 5.62. The summed E-state index contributed by atoms with van der Waals surface area (Å²) in [6, 6.07) is 18.4. The predicted molar refractivity (Wildman–Crippen MR) is 123 cm³/mol. The molecule has 7 nitrogen and oxygen atoms in total. The van der Waals surface area contributed by atoms with Crippen molar-refractivity contribution < 1.29 is 13.9 Å². The van der Waals surface area contributed by atoms with Crippen molar-refractivity contribution in [3.63, 3.8) is 0 Å². The molecule has 32 heavy (non-hydrogen) atoms. The maximum Gasteiger partial charge on any atom is 0.247 e. The number of carbonyl (C=O) groups excluding carboxylic acids is 1. The summed E-state index contributed by atoms with van der Waals surface area (Å²) in [4.78, 5) is 18.9. The highest BCUT2D eigenvalue weighted by Crippen LogP contribution is 2.44. The summed E-state index contributed by atoms with van der Waals surface area (Å²) in [7, 11) is 0. The molecule has 0 spiro atoms. The van der Waals surface area contributed by atoms with E-state index >= 15 is 0 Å². The van der Waals surface area contributed by atoms with Gasteiger partial charge in [-0.1, -0.05) is 41.6 Å². The van der Waals surface area contributed by atoms with Crippen molar-refractivity contribution in [1.82, 2.24) is 15.2 Å². The minimum absolute atomic E-state index is 0.210. The molecule has 1 amide bonds. The maximum absolute atomic E-state index is 12.8. The number of para-hydroxylation sites is 1. The van der Waals surface area contributed by atoms with E-state index in [0.717, 1.165) is 5.56 Å². The van der Waals surface area contributed by atoms with Crippen LogP contribution in [0.25, 0.3) is 22.6 Å². The van der Waals surface area contributed by atoms with Crippen LogP contribution < -0.4 is 9.64 Å². The molecule has 0 saturated heterocycles. The average Bonchev–Trinajstić information content (AvgIpc) is 3.24. The summed E-state index contributed by atoms with van der Waals surface area (Å²) in [5.41, 5.74) is 2.67. The van der Waals surface area contributed by atoms with Crippen LogP contribution in [-0.4, -0.2) is 27.3 Å². The first-order valence-corrected chi connectivity index (χ1v) is 11.4.